The van der Waals surface area contributed by atoms with E-state index in [0.29, 0.717) is 22.2 Å². The predicted molar refractivity (Wildman–Crippen MR) is 148 cm³/mol. The van der Waals surface area contributed by atoms with Crippen molar-refractivity contribution in [3.8, 4) is 0 Å². The lowest BCUT2D eigenvalue weighted by molar-refractivity contribution is -0.114. The number of Topliss-reactive ketones (excluding diaryl/α,β-unsaturated/α-hetero) is 1. The second kappa shape index (κ2) is 8.55. The normalized spacial score (nSPS) is 19.9. The Labute approximate surface area is 219 Å². The molecule has 0 aliphatic heterocycles. The second-order valence-corrected chi connectivity index (χ2v) is 12.7. The molecule has 178 valence electrons. The third kappa shape index (κ3) is 4.44. The van der Waals surface area contributed by atoms with Gasteiger partial charge >= 0.3 is 0 Å². The van der Waals surface area contributed by atoms with Gasteiger partial charge in [0, 0.05) is 31.5 Å². The number of rotatable bonds is 2. The standard InChI is InChI=1S/C29H26Cl2N2OS/c1-28(2,3)22-12-16-13-23(26(22)34)29(4,5)15-21-20-14-18(31)8-11-24(20)35-27(21)25(16)33-32-19-9-6-17(30)7-10-19/h6-14H,15H2,1-5H3/b25-16+,33-32?. The van der Waals surface area contributed by atoms with Crippen LogP contribution in [0.4, 0.5) is 5.69 Å². The highest BCUT2D eigenvalue weighted by Gasteiger charge is 2.39. The smallest absolute Gasteiger partial charge is 0.186 e. The maximum atomic E-state index is 13.7. The molecule has 2 aliphatic carbocycles. The van der Waals surface area contributed by atoms with Crippen LogP contribution in [0, 0.1) is 10.8 Å². The highest BCUT2D eigenvalue weighted by molar-refractivity contribution is 7.20. The van der Waals surface area contributed by atoms with Gasteiger partial charge in [0.05, 0.1) is 10.6 Å². The molecule has 35 heavy (non-hydrogen) atoms. The molecule has 5 rings (SSSR count). The van der Waals surface area contributed by atoms with Gasteiger partial charge < -0.3 is 0 Å². The lowest BCUT2D eigenvalue weighted by atomic mass is 9.68. The second-order valence-electron chi connectivity index (χ2n) is 10.8. The van der Waals surface area contributed by atoms with Gasteiger partial charge in [-0.1, -0.05) is 57.8 Å². The van der Waals surface area contributed by atoms with Crippen LogP contribution in [-0.2, 0) is 11.2 Å². The van der Waals surface area contributed by atoms with Crippen molar-refractivity contribution in [1.29, 1.82) is 0 Å². The molecule has 0 N–H and O–H groups in total. The number of fused-ring (bicyclic) bond motifs is 4. The lowest BCUT2D eigenvalue weighted by Crippen LogP contribution is -2.31. The summed E-state index contributed by atoms with van der Waals surface area (Å²) in [6.07, 6.45) is 4.73. The van der Waals surface area contributed by atoms with Crippen molar-refractivity contribution in [2.45, 2.75) is 41.0 Å². The van der Waals surface area contributed by atoms with Crippen LogP contribution in [0.25, 0.3) is 15.8 Å². The maximum Gasteiger partial charge on any atom is 0.186 e. The molecule has 2 aliphatic rings. The summed E-state index contributed by atoms with van der Waals surface area (Å²) < 4.78 is 1.14. The van der Waals surface area contributed by atoms with Crippen molar-refractivity contribution in [2.75, 3.05) is 0 Å². The maximum absolute atomic E-state index is 13.7. The summed E-state index contributed by atoms with van der Waals surface area (Å²) in [6, 6.07) is 13.3. The Bertz CT molecular complexity index is 1500. The van der Waals surface area contributed by atoms with Crippen molar-refractivity contribution in [1.82, 2.24) is 0 Å². The molecule has 0 saturated carbocycles. The molecule has 0 fully saturated rings. The van der Waals surface area contributed by atoms with Crippen LogP contribution in [0.15, 0.2) is 81.6 Å². The molecule has 3 nitrogen and oxygen atoms in total. The third-order valence-electron chi connectivity index (χ3n) is 6.58. The van der Waals surface area contributed by atoms with Crippen LogP contribution < -0.4 is 0 Å². The first-order valence-corrected chi connectivity index (χ1v) is 13.1. The number of ketones is 1. The number of carbonyl (C=O) groups excluding carboxylic acids is 1. The van der Waals surface area contributed by atoms with Crippen molar-refractivity contribution < 1.29 is 4.79 Å². The van der Waals surface area contributed by atoms with Gasteiger partial charge in [-0.25, -0.2) is 0 Å². The zero-order valence-corrected chi connectivity index (χ0v) is 22.7. The number of carbonyl (C=O) groups is 1. The average molecular weight is 522 g/mol. The predicted octanol–water partition coefficient (Wildman–Crippen LogP) is 9.77. The fraction of sp³-hybridized carbons (Fsp3) is 0.276. The zero-order chi connectivity index (χ0) is 25.1. The Balaban J connectivity index is 1.83. The highest BCUT2D eigenvalue weighted by Crippen LogP contribution is 2.49. The molecule has 0 radical (unpaired) electrons. The minimum Gasteiger partial charge on any atom is -0.289 e. The quantitative estimate of drug-likeness (QED) is 0.310. The fourth-order valence-corrected chi connectivity index (χ4v) is 6.21. The summed E-state index contributed by atoms with van der Waals surface area (Å²) in [7, 11) is 0. The zero-order valence-electron chi connectivity index (χ0n) is 20.4. The number of halogens is 2. The number of nitrogens with zero attached hydrogens (tertiary/aromatic N) is 2. The summed E-state index contributed by atoms with van der Waals surface area (Å²) in [5, 5.41) is 11.8. The molecule has 0 amide bonds. The summed E-state index contributed by atoms with van der Waals surface area (Å²) in [6.45, 7) is 10.5. The van der Waals surface area contributed by atoms with Crippen LogP contribution in [0.3, 0.4) is 0 Å². The van der Waals surface area contributed by atoms with Crippen LogP contribution in [0.1, 0.15) is 45.1 Å². The van der Waals surface area contributed by atoms with Gasteiger partial charge in [-0.2, -0.15) is 5.11 Å². The summed E-state index contributed by atoms with van der Waals surface area (Å²) in [5.74, 6) is 0.112. The summed E-state index contributed by atoms with van der Waals surface area (Å²) in [5.41, 5.74) is 4.50. The monoisotopic (exact) mass is 520 g/mol. The Kier molecular flexibility index (Phi) is 5.90. The first-order valence-electron chi connectivity index (χ1n) is 11.6. The van der Waals surface area contributed by atoms with Crippen molar-refractivity contribution in [3.63, 3.8) is 0 Å². The van der Waals surface area contributed by atoms with Crippen molar-refractivity contribution >= 4 is 61.8 Å². The van der Waals surface area contributed by atoms with E-state index in [-0.39, 0.29) is 16.6 Å². The van der Waals surface area contributed by atoms with E-state index in [2.05, 4.69) is 45.8 Å². The molecule has 0 spiro atoms. The van der Waals surface area contributed by atoms with Gasteiger partial charge in [0.15, 0.2) is 5.78 Å². The lowest BCUT2D eigenvalue weighted by Gasteiger charge is -2.35. The van der Waals surface area contributed by atoms with E-state index in [1.807, 2.05) is 36.4 Å². The molecule has 0 saturated heterocycles. The van der Waals surface area contributed by atoms with Gasteiger partial charge in [-0.15, -0.1) is 16.5 Å². The van der Waals surface area contributed by atoms with E-state index in [0.717, 1.165) is 42.9 Å². The van der Waals surface area contributed by atoms with Crippen LogP contribution >= 0.6 is 34.5 Å². The average Bonchev–Trinajstić information content (AvgIpc) is 3.10. The van der Waals surface area contributed by atoms with Gasteiger partial charge in [-0.3, -0.25) is 4.79 Å². The van der Waals surface area contributed by atoms with Crippen LogP contribution in [0.2, 0.25) is 10.0 Å². The van der Waals surface area contributed by atoms with E-state index in [1.165, 1.54) is 0 Å². The van der Waals surface area contributed by atoms with Gasteiger partial charge in [0.1, 0.15) is 5.70 Å². The molecular weight excluding hydrogens is 495 g/mol. The van der Waals surface area contributed by atoms with Gasteiger partial charge in [-0.05, 0) is 82.8 Å². The van der Waals surface area contributed by atoms with Crippen LogP contribution in [0.5, 0.6) is 0 Å². The number of benzene rings is 2. The van der Waals surface area contributed by atoms with Crippen molar-refractivity contribution in [2.24, 2.45) is 21.1 Å². The minimum absolute atomic E-state index is 0.112. The first kappa shape index (κ1) is 24.2. The number of allylic oxidation sites excluding steroid dienone is 5. The minimum atomic E-state index is -0.364. The summed E-state index contributed by atoms with van der Waals surface area (Å²) >= 11 is 14.2. The van der Waals surface area contributed by atoms with E-state index in [1.54, 1.807) is 23.5 Å². The number of hydrogen-bond acceptors (Lipinski definition) is 4. The van der Waals surface area contributed by atoms with E-state index in [4.69, 9.17) is 28.3 Å². The molecule has 2 aromatic carbocycles. The Hall–Kier alpha value is -2.53. The molecular formula is C29H26Cl2N2OS. The molecule has 0 atom stereocenters. The third-order valence-corrected chi connectivity index (χ3v) is 8.29. The Morgan fingerprint density at radius 1 is 0.943 bits per heavy atom. The topological polar surface area (TPSA) is 41.8 Å². The van der Waals surface area contributed by atoms with Gasteiger partial charge in [0.2, 0.25) is 0 Å². The molecule has 0 unspecified atom stereocenters. The fourth-order valence-electron chi connectivity index (χ4n) is 4.70. The molecule has 6 heteroatoms. The molecule has 1 heterocycles. The molecule has 3 aromatic rings. The largest absolute Gasteiger partial charge is 0.289 e. The molecule has 1 aromatic heterocycles. The number of azo groups is 1. The summed E-state index contributed by atoms with van der Waals surface area (Å²) in [4.78, 5) is 14.8. The molecule has 2 bridgehead atoms. The SMILES string of the molecule is CC(C)(C)C1=C/C2=C(\N=Nc3ccc(Cl)cc3)c3sc4ccc(Cl)cc4c3CC(C)(C)C(=C2)C1=O. The number of hydrogen-bond donors (Lipinski definition) is 0. The van der Waals surface area contributed by atoms with Gasteiger partial charge in [0.25, 0.3) is 0 Å². The van der Waals surface area contributed by atoms with E-state index >= 15 is 0 Å². The van der Waals surface area contributed by atoms with E-state index in [9.17, 15) is 4.79 Å². The Morgan fingerprint density at radius 2 is 1.63 bits per heavy atom. The number of thiophene rings is 1. The first-order chi connectivity index (χ1) is 16.4. The van der Waals surface area contributed by atoms with Crippen LogP contribution in [-0.4, -0.2) is 5.78 Å². The Morgan fingerprint density at radius 3 is 2.31 bits per heavy atom. The van der Waals surface area contributed by atoms with Crippen molar-refractivity contribution in [3.05, 3.63) is 91.8 Å². The van der Waals surface area contributed by atoms with E-state index < -0.39 is 0 Å². The highest BCUT2D eigenvalue weighted by atomic mass is 35.5.